The van der Waals surface area contributed by atoms with E-state index in [9.17, 15) is 23.6 Å². The molecule has 0 fully saturated rings. The van der Waals surface area contributed by atoms with Gasteiger partial charge in [0.25, 0.3) is 15.8 Å². The van der Waals surface area contributed by atoms with E-state index in [1.165, 1.54) is 13.0 Å². The van der Waals surface area contributed by atoms with Gasteiger partial charge in [-0.2, -0.15) is 8.42 Å². The number of hydrogen-bond acceptors (Lipinski definition) is 6. The van der Waals surface area contributed by atoms with E-state index in [-0.39, 0.29) is 21.8 Å². The van der Waals surface area contributed by atoms with Crippen molar-refractivity contribution in [2.24, 2.45) is 0 Å². The summed E-state index contributed by atoms with van der Waals surface area (Å²) in [5.41, 5.74) is -2.24. The van der Waals surface area contributed by atoms with Gasteiger partial charge >= 0.3 is 0 Å². The van der Waals surface area contributed by atoms with Crippen molar-refractivity contribution in [1.82, 2.24) is 0 Å². The van der Waals surface area contributed by atoms with Crippen LogP contribution in [-0.2, 0) is 19.9 Å². The molecule has 1 aromatic rings. The normalized spacial score (nSPS) is 15.1. The van der Waals surface area contributed by atoms with Gasteiger partial charge in [0.1, 0.15) is 10.6 Å². The molecule has 0 aliphatic heterocycles. The van der Waals surface area contributed by atoms with Gasteiger partial charge in [0.15, 0.2) is 3.79 Å². The molecule has 0 radical (unpaired) electrons. The van der Waals surface area contributed by atoms with Crippen LogP contribution in [0.15, 0.2) is 12.1 Å². The molecule has 24 heavy (non-hydrogen) atoms. The molecule has 1 rings (SSSR count). The lowest BCUT2D eigenvalue weighted by Gasteiger charge is -2.31. The van der Waals surface area contributed by atoms with Crippen molar-refractivity contribution in [3.63, 3.8) is 0 Å². The van der Waals surface area contributed by atoms with E-state index in [0.717, 1.165) is 12.3 Å². The van der Waals surface area contributed by atoms with E-state index in [2.05, 4.69) is 4.18 Å². The first-order valence-electron chi connectivity index (χ1n) is 6.23. The van der Waals surface area contributed by atoms with Crippen molar-refractivity contribution in [1.29, 1.82) is 0 Å². The first-order chi connectivity index (χ1) is 10.6. The van der Waals surface area contributed by atoms with Crippen molar-refractivity contribution in [2.45, 2.75) is 22.7 Å². The molecule has 1 aromatic carbocycles. The van der Waals surface area contributed by atoms with Crippen LogP contribution >= 0.6 is 46.4 Å². The summed E-state index contributed by atoms with van der Waals surface area (Å²) in [5, 5.41) is 21.5. The Balaban J connectivity index is 3.41. The predicted molar refractivity (Wildman–Crippen MR) is 92.4 cm³/mol. The molecule has 0 saturated heterocycles. The van der Waals surface area contributed by atoms with Crippen molar-refractivity contribution in [3.05, 3.63) is 38.4 Å². The van der Waals surface area contributed by atoms with Gasteiger partial charge in [0, 0.05) is 12.0 Å². The zero-order valence-electron chi connectivity index (χ0n) is 12.4. The maximum absolute atomic E-state index is 11.2. The first-order valence-corrected chi connectivity index (χ1v) is 9.56. The maximum Gasteiger partial charge on any atom is 0.290 e. The number of benzene rings is 1. The van der Waals surface area contributed by atoms with Gasteiger partial charge < -0.3 is 5.11 Å². The van der Waals surface area contributed by atoms with E-state index in [1.54, 1.807) is 0 Å². The summed E-state index contributed by atoms with van der Waals surface area (Å²) < 4.78 is 25.1. The Kier molecular flexibility index (Phi) is 6.77. The van der Waals surface area contributed by atoms with Crippen LogP contribution in [0.5, 0.6) is 0 Å². The van der Waals surface area contributed by atoms with Crippen molar-refractivity contribution >= 4 is 62.2 Å². The second kappa shape index (κ2) is 7.49. The number of aliphatic hydroxyl groups is 1. The van der Waals surface area contributed by atoms with Crippen LogP contribution < -0.4 is 0 Å². The van der Waals surface area contributed by atoms with Crippen LogP contribution in [0, 0.1) is 17.0 Å². The summed E-state index contributed by atoms with van der Waals surface area (Å²) in [4.78, 5) is 10.3. The monoisotopic (exact) mass is 439 g/mol. The Labute approximate surface area is 158 Å². The lowest BCUT2D eigenvalue weighted by molar-refractivity contribution is -0.385. The van der Waals surface area contributed by atoms with E-state index in [0.29, 0.717) is 0 Å². The van der Waals surface area contributed by atoms with Gasteiger partial charge in [0.05, 0.1) is 17.8 Å². The molecule has 0 saturated carbocycles. The molecule has 1 atom stereocenters. The molecule has 0 aliphatic carbocycles. The topological polar surface area (TPSA) is 107 Å². The quantitative estimate of drug-likeness (QED) is 0.314. The summed E-state index contributed by atoms with van der Waals surface area (Å²) >= 11 is 23.0. The Morgan fingerprint density at radius 1 is 1.33 bits per heavy atom. The number of alkyl halides is 3. The van der Waals surface area contributed by atoms with E-state index in [4.69, 9.17) is 46.4 Å². The van der Waals surface area contributed by atoms with Crippen molar-refractivity contribution in [2.75, 3.05) is 12.9 Å². The number of aryl methyl sites for hydroxylation is 1. The highest BCUT2D eigenvalue weighted by Crippen LogP contribution is 2.42. The average Bonchev–Trinajstić information content (AvgIpc) is 2.32. The van der Waals surface area contributed by atoms with Gasteiger partial charge in [-0.25, -0.2) is 0 Å². The van der Waals surface area contributed by atoms with Crippen molar-refractivity contribution in [3.8, 4) is 0 Å². The highest BCUT2D eigenvalue weighted by Gasteiger charge is 2.40. The fourth-order valence-electron chi connectivity index (χ4n) is 2.01. The lowest BCUT2D eigenvalue weighted by atomic mass is 9.90. The van der Waals surface area contributed by atoms with Gasteiger partial charge in [0.2, 0.25) is 0 Å². The Morgan fingerprint density at radius 3 is 2.25 bits per heavy atom. The second-order valence-corrected chi connectivity index (χ2v) is 9.74. The van der Waals surface area contributed by atoms with E-state index >= 15 is 0 Å². The molecule has 0 bridgehead atoms. The fraction of sp³-hybridized carbons (Fsp3) is 0.500. The largest absolute Gasteiger partial charge is 0.383 e. The highest BCUT2D eigenvalue weighted by atomic mass is 35.6. The van der Waals surface area contributed by atoms with Gasteiger partial charge in [-0.05, 0) is 24.6 Å². The molecule has 12 heteroatoms. The Morgan fingerprint density at radius 2 is 1.88 bits per heavy atom. The average molecular weight is 441 g/mol. The molecule has 0 aromatic heterocycles. The van der Waals surface area contributed by atoms with Crippen molar-refractivity contribution < 1.29 is 22.6 Å². The van der Waals surface area contributed by atoms with Crippen LogP contribution in [0.25, 0.3) is 0 Å². The zero-order valence-corrected chi connectivity index (χ0v) is 16.3. The van der Waals surface area contributed by atoms with Crippen LogP contribution in [0.1, 0.15) is 17.5 Å². The molecule has 136 valence electrons. The Hall–Kier alpha value is -0.350. The van der Waals surface area contributed by atoms with Crippen LogP contribution in [0.3, 0.4) is 0 Å². The standard InChI is InChI=1S/C12H13Cl4NO6S/c1-7-3-8(4-9(13)10(7)17(19)20)11(18,5-12(14,15)16)6-23-24(2,21)22/h3-4,18H,5-6H2,1-2H3. The van der Waals surface area contributed by atoms with Crippen LogP contribution in [-0.4, -0.2) is 35.1 Å². The van der Waals surface area contributed by atoms with E-state index in [1.807, 2.05) is 0 Å². The van der Waals surface area contributed by atoms with Crippen LogP contribution in [0.4, 0.5) is 5.69 Å². The minimum absolute atomic E-state index is 0.0191. The SMILES string of the molecule is Cc1cc(C(O)(COS(C)(=O)=O)CC(Cl)(Cl)Cl)cc(Cl)c1[N+](=O)[O-]. The number of rotatable bonds is 6. The third-order valence-electron chi connectivity index (χ3n) is 2.98. The fourth-order valence-corrected chi connectivity index (χ4v) is 3.42. The molecule has 0 heterocycles. The molecule has 1 unspecified atom stereocenters. The van der Waals surface area contributed by atoms with Gasteiger partial charge in [-0.15, -0.1) is 0 Å². The summed E-state index contributed by atoms with van der Waals surface area (Å²) in [6.45, 7) is 0.647. The summed E-state index contributed by atoms with van der Waals surface area (Å²) in [6, 6.07) is 2.36. The summed E-state index contributed by atoms with van der Waals surface area (Å²) in [7, 11) is -3.89. The number of halogens is 4. The lowest BCUT2D eigenvalue weighted by Crippen LogP contribution is -2.37. The molecular weight excluding hydrogens is 428 g/mol. The maximum atomic E-state index is 11.2. The van der Waals surface area contributed by atoms with Crippen LogP contribution in [0.2, 0.25) is 5.02 Å². The molecule has 0 spiro atoms. The van der Waals surface area contributed by atoms with E-state index < -0.39 is 37.5 Å². The number of nitro benzene ring substituents is 1. The smallest absolute Gasteiger partial charge is 0.290 e. The first kappa shape index (κ1) is 21.7. The summed E-state index contributed by atoms with van der Waals surface area (Å²) in [5.74, 6) is 0. The third-order valence-corrected chi connectivity index (χ3v) is 4.21. The molecule has 7 nitrogen and oxygen atoms in total. The summed E-state index contributed by atoms with van der Waals surface area (Å²) in [6.07, 6.45) is 0.255. The molecule has 1 N–H and O–H groups in total. The molecule has 0 amide bonds. The van der Waals surface area contributed by atoms with Gasteiger partial charge in [-0.3, -0.25) is 14.3 Å². The van der Waals surface area contributed by atoms with Gasteiger partial charge in [-0.1, -0.05) is 46.4 Å². The molecular formula is C12H13Cl4NO6S. The second-order valence-electron chi connectivity index (χ2n) is 5.17. The number of nitro groups is 1. The number of nitrogens with zero attached hydrogens (tertiary/aromatic N) is 1. The third kappa shape index (κ3) is 6.18. The number of hydrogen-bond donors (Lipinski definition) is 1. The zero-order chi connectivity index (χ0) is 18.9. The minimum Gasteiger partial charge on any atom is -0.383 e. The predicted octanol–water partition coefficient (Wildman–Crippen LogP) is 3.48. The Bertz CT molecular complexity index is 725. The molecule has 0 aliphatic rings. The highest BCUT2D eigenvalue weighted by molar-refractivity contribution is 7.85. The minimum atomic E-state index is -3.89.